The van der Waals surface area contributed by atoms with E-state index in [4.69, 9.17) is 0 Å². The minimum atomic E-state index is -2.42. The van der Waals surface area contributed by atoms with Crippen LogP contribution in [0.25, 0.3) is 10.9 Å². The number of carboxylic acids is 1. The first-order chi connectivity index (χ1) is 12.4. The Bertz CT molecular complexity index is 955. The molecule has 1 heterocycles. The Morgan fingerprint density at radius 1 is 1.12 bits per heavy atom. The zero-order valence-electron chi connectivity index (χ0n) is 13.7. The van der Waals surface area contributed by atoms with Gasteiger partial charge >= 0.3 is 5.97 Å². The van der Waals surface area contributed by atoms with Crippen LogP contribution < -0.4 is 5.32 Å². The van der Waals surface area contributed by atoms with Crippen molar-refractivity contribution in [3.8, 4) is 0 Å². The molecule has 1 amide bonds. The number of fused-ring (bicyclic) bond motifs is 1. The SMILES string of the molecule is O=C(NC(O)(CCc1ccccc1)C(=O)O)c1cc2cc(F)ccc2[nH]1. The van der Waals surface area contributed by atoms with Crippen molar-refractivity contribution in [3.63, 3.8) is 0 Å². The van der Waals surface area contributed by atoms with Gasteiger partial charge in [0.25, 0.3) is 5.91 Å². The molecule has 3 rings (SSSR count). The van der Waals surface area contributed by atoms with Crippen LogP contribution in [-0.4, -0.2) is 32.8 Å². The van der Waals surface area contributed by atoms with Crippen LogP contribution >= 0.6 is 0 Å². The van der Waals surface area contributed by atoms with E-state index in [1.807, 2.05) is 6.07 Å². The standard InChI is InChI=1S/C19H17FN2O4/c20-14-6-7-15-13(10-14)11-16(21-15)17(23)22-19(26,18(24)25)9-8-12-4-2-1-3-5-12/h1-7,10-11,21,26H,8-9H2,(H,22,23)(H,24,25). The number of aliphatic carboxylic acids is 1. The lowest BCUT2D eigenvalue weighted by molar-refractivity contribution is -0.161. The number of carboxylic acid groups (broad SMARTS) is 1. The van der Waals surface area contributed by atoms with Crippen molar-refractivity contribution in [1.82, 2.24) is 10.3 Å². The first kappa shape index (κ1) is 17.6. The summed E-state index contributed by atoms with van der Waals surface area (Å²) in [5.41, 5.74) is -1.03. The molecule has 1 atom stereocenters. The van der Waals surface area contributed by atoms with E-state index in [2.05, 4.69) is 10.3 Å². The average molecular weight is 356 g/mol. The van der Waals surface area contributed by atoms with Gasteiger partial charge in [-0.05, 0) is 36.2 Å². The van der Waals surface area contributed by atoms with Gasteiger partial charge in [0.2, 0.25) is 5.72 Å². The third-order valence-electron chi connectivity index (χ3n) is 4.12. The van der Waals surface area contributed by atoms with E-state index in [0.29, 0.717) is 10.9 Å². The molecule has 134 valence electrons. The number of rotatable bonds is 6. The van der Waals surface area contributed by atoms with Crippen molar-refractivity contribution in [2.75, 3.05) is 0 Å². The average Bonchev–Trinajstić information content (AvgIpc) is 3.04. The summed E-state index contributed by atoms with van der Waals surface area (Å²) in [7, 11) is 0. The van der Waals surface area contributed by atoms with E-state index in [-0.39, 0.29) is 18.5 Å². The number of aliphatic hydroxyl groups is 1. The minimum absolute atomic E-state index is 0.0324. The molecule has 4 N–H and O–H groups in total. The maximum Gasteiger partial charge on any atom is 0.357 e. The Balaban J connectivity index is 1.77. The number of aromatic nitrogens is 1. The zero-order valence-corrected chi connectivity index (χ0v) is 13.7. The van der Waals surface area contributed by atoms with E-state index >= 15 is 0 Å². The molecule has 0 spiro atoms. The van der Waals surface area contributed by atoms with Crippen LogP contribution in [0.15, 0.2) is 54.6 Å². The van der Waals surface area contributed by atoms with Crippen molar-refractivity contribution < 1.29 is 24.2 Å². The van der Waals surface area contributed by atoms with Crippen LogP contribution in [0.4, 0.5) is 4.39 Å². The van der Waals surface area contributed by atoms with E-state index in [0.717, 1.165) is 5.56 Å². The van der Waals surface area contributed by atoms with Crippen LogP contribution in [0.3, 0.4) is 0 Å². The lowest BCUT2D eigenvalue weighted by Gasteiger charge is -2.24. The third kappa shape index (κ3) is 3.73. The van der Waals surface area contributed by atoms with Gasteiger partial charge in [0, 0.05) is 17.3 Å². The molecule has 1 aromatic heterocycles. The van der Waals surface area contributed by atoms with Crippen LogP contribution in [0, 0.1) is 5.82 Å². The second kappa shape index (κ2) is 6.97. The van der Waals surface area contributed by atoms with Crippen molar-refractivity contribution in [2.45, 2.75) is 18.6 Å². The molecule has 0 radical (unpaired) electrons. The molecule has 3 aromatic rings. The second-order valence-electron chi connectivity index (χ2n) is 6.02. The molecule has 0 aliphatic rings. The van der Waals surface area contributed by atoms with Gasteiger partial charge in [-0.25, -0.2) is 9.18 Å². The number of halogens is 1. The van der Waals surface area contributed by atoms with Crippen LogP contribution in [0.5, 0.6) is 0 Å². The van der Waals surface area contributed by atoms with E-state index < -0.39 is 23.4 Å². The lowest BCUT2D eigenvalue weighted by atomic mass is 10.0. The van der Waals surface area contributed by atoms with Gasteiger partial charge in [0.15, 0.2) is 0 Å². The Labute approximate surface area is 148 Å². The van der Waals surface area contributed by atoms with Gasteiger partial charge in [0.05, 0.1) is 0 Å². The molecule has 0 saturated heterocycles. The number of carbonyl (C=O) groups excluding carboxylic acids is 1. The second-order valence-corrected chi connectivity index (χ2v) is 6.02. The summed E-state index contributed by atoms with van der Waals surface area (Å²) in [6.45, 7) is 0. The summed E-state index contributed by atoms with van der Waals surface area (Å²) in [6, 6.07) is 14.4. The maximum atomic E-state index is 13.3. The highest BCUT2D eigenvalue weighted by Crippen LogP contribution is 2.18. The summed E-state index contributed by atoms with van der Waals surface area (Å²) in [6.07, 6.45) is 0.0643. The lowest BCUT2D eigenvalue weighted by Crippen LogP contribution is -2.55. The van der Waals surface area contributed by atoms with Crippen molar-refractivity contribution in [1.29, 1.82) is 0 Å². The Morgan fingerprint density at radius 3 is 2.54 bits per heavy atom. The summed E-state index contributed by atoms with van der Waals surface area (Å²) in [4.78, 5) is 26.6. The summed E-state index contributed by atoms with van der Waals surface area (Å²) >= 11 is 0. The Hall–Kier alpha value is -3.19. The minimum Gasteiger partial charge on any atom is -0.478 e. The maximum absolute atomic E-state index is 13.3. The number of nitrogens with one attached hydrogen (secondary N) is 2. The number of amides is 1. The van der Waals surface area contributed by atoms with E-state index in [1.165, 1.54) is 24.3 Å². The molecule has 0 saturated carbocycles. The number of aryl methyl sites for hydroxylation is 1. The van der Waals surface area contributed by atoms with Crippen molar-refractivity contribution >= 4 is 22.8 Å². The highest BCUT2D eigenvalue weighted by atomic mass is 19.1. The monoisotopic (exact) mass is 356 g/mol. The van der Waals surface area contributed by atoms with Crippen LogP contribution in [0.2, 0.25) is 0 Å². The van der Waals surface area contributed by atoms with Gasteiger partial charge < -0.3 is 20.5 Å². The summed E-state index contributed by atoms with van der Waals surface area (Å²) in [5, 5.41) is 22.4. The smallest absolute Gasteiger partial charge is 0.357 e. The third-order valence-corrected chi connectivity index (χ3v) is 4.12. The highest BCUT2D eigenvalue weighted by Gasteiger charge is 2.37. The number of benzene rings is 2. The molecule has 6 nitrogen and oxygen atoms in total. The number of carbonyl (C=O) groups is 2. The molecule has 7 heteroatoms. The molecule has 2 aromatic carbocycles. The van der Waals surface area contributed by atoms with Gasteiger partial charge in [-0.3, -0.25) is 4.79 Å². The fourth-order valence-electron chi connectivity index (χ4n) is 2.67. The van der Waals surface area contributed by atoms with Crippen molar-refractivity contribution in [2.24, 2.45) is 0 Å². The van der Waals surface area contributed by atoms with Crippen molar-refractivity contribution in [3.05, 3.63) is 71.7 Å². The molecule has 0 aliphatic carbocycles. The molecule has 0 aliphatic heterocycles. The molecule has 0 fully saturated rings. The van der Waals surface area contributed by atoms with Gasteiger partial charge in [-0.1, -0.05) is 30.3 Å². The number of hydrogen-bond acceptors (Lipinski definition) is 3. The molecular weight excluding hydrogens is 339 g/mol. The highest BCUT2D eigenvalue weighted by molar-refractivity contribution is 6.00. The topological polar surface area (TPSA) is 102 Å². The molecule has 0 bridgehead atoms. The zero-order chi connectivity index (χ0) is 18.7. The first-order valence-electron chi connectivity index (χ1n) is 7.98. The fourth-order valence-corrected chi connectivity index (χ4v) is 2.67. The first-order valence-corrected chi connectivity index (χ1v) is 7.98. The summed E-state index contributed by atoms with van der Waals surface area (Å²) in [5.74, 6) is -2.79. The largest absolute Gasteiger partial charge is 0.478 e. The number of aromatic amines is 1. The molecule has 26 heavy (non-hydrogen) atoms. The quantitative estimate of drug-likeness (QED) is 0.510. The Morgan fingerprint density at radius 2 is 1.85 bits per heavy atom. The van der Waals surface area contributed by atoms with E-state index in [9.17, 15) is 24.2 Å². The molecular formula is C19H17FN2O4. The summed E-state index contributed by atoms with van der Waals surface area (Å²) < 4.78 is 13.3. The molecule has 1 unspecified atom stereocenters. The van der Waals surface area contributed by atoms with Gasteiger partial charge in [0.1, 0.15) is 11.5 Å². The van der Waals surface area contributed by atoms with E-state index in [1.54, 1.807) is 24.3 Å². The fraction of sp³-hybridized carbons (Fsp3) is 0.158. The predicted molar refractivity (Wildman–Crippen MR) is 93.1 cm³/mol. The van der Waals surface area contributed by atoms with Crippen LogP contribution in [-0.2, 0) is 11.2 Å². The van der Waals surface area contributed by atoms with Crippen LogP contribution in [0.1, 0.15) is 22.5 Å². The van der Waals surface area contributed by atoms with Gasteiger partial charge in [-0.2, -0.15) is 0 Å². The normalized spacial score (nSPS) is 13.3. The predicted octanol–water partition coefficient (Wildman–Crippen LogP) is 2.44. The van der Waals surface area contributed by atoms with Gasteiger partial charge in [-0.15, -0.1) is 0 Å². The Kier molecular flexibility index (Phi) is 4.73. The number of hydrogen-bond donors (Lipinski definition) is 4. The number of H-pyrrole nitrogens is 1.